The predicted octanol–water partition coefficient (Wildman–Crippen LogP) is 2.74. The number of hydrogen-bond donors (Lipinski definition) is 1. The quantitative estimate of drug-likeness (QED) is 0.405. The third-order valence-corrected chi connectivity index (χ3v) is 6.27. The first-order chi connectivity index (χ1) is 18.0. The highest BCUT2D eigenvalue weighted by atomic mass is 35.5. The van der Waals surface area contributed by atoms with E-state index in [0.717, 1.165) is 5.56 Å². The number of amides is 3. The van der Waals surface area contributed by atoms with Gasteiger partial charge in [-0.2, -0.15) is 4.68 Å². The Hall–Kier alpha value is -4.57. The summed E-state index contributed by atoms with van der Waals surface area (Å²) < 4.78 is 1.39. The van der Waals surface area contributed by atoms with E-state index in [0.29, 0.717) is 22.1 Å². The van der Waals surface area contributed by atoms with Gasteiger partial charge in [0.1, 0.15) is 25.5 Å². The summed E-state index contributed by atoms with van der Waals surface area (Å²) in [6.07, 6.45) is 1.64. The summed E-state index contributed by atoms with van der Waals surface area (Å²) >= 11 is 6.22. The van der Waals surface area contributed by atoms with Crippen LogP contribution < -0.4 is 10.2 Å². The van der Waals surface area contributed by atoms with Crippen molar-refractivity contribution < 1.29 is 14.4 Å². The zero-order valence-corrected chi connectivity index (χ0v) is 20.3. The van der Waals surface area contributed by atoms with Crippen molar-refractivity contribution in [3.63, 3.8) is 0 Å². The molecule has 4 aromatic rings. The van der Waals surface area contributed by atoms with E-state index in [9.17, 15) is 14.4 Å². The van der Waals surface area contributed by atoms with Crippen molar-refractivity contribution in [1.82, 2.24) is 25.1 Å². The average Bonchev–Trinajstić information content (AvgIpc) is 3.44. The third-order valence-electron chi connectivity index (χ3n) is 6.04. The van der Waals surface area contributed by atoms with Crippen LogP contribution in [0.3, 0.4) is 0 Å². The maximum absolute atomic E-state index is 13.5. The van der Waals surface area contributed by atoms with E-state index in [1.807, 2.05) is 48.5 Å². The van der Waals surface area contributed by atoms with Gasteiger partial charge in [-0.1, -0.05) is 60.1 Å². The first-order valence-corrected chi connectivity index (χ1v) is 11.9. The van der Waals surface area contributed by atoms with E-state index >= 15 is 0 Å². The van der Waals surface area contributed by atoms with Crippen molar-refractivity contribution in [2.45, 2.75) is 12.5 Å². The van der Waals surface area contributed by atoms with Crippen molar-refractivity contribution >= 4 is 40.7 Å². The maximum atomic E-state index is 13.5. The minimum absolute atomic E-state index is 0.256. The second-order valence-electron chi connectivity index (χ2n) is 8.45. The molecule has 1 N–H and O–H groups in total. The molecule has 1 saturated heterocycles. The molecule has 3 aromatic carbocycles. The van der Waals surface area contributed by atoms with Crippen LogP contribution in [0, 0.1) is 0 Å². The summed E-state index contributed by atoms with van der Waals surface area (Å²) in [6.45, 7) is -0.543. The Kier molecular flexibility index (Phi) is 6.91. The van der Waals surface area contributed by atoms with Gasteiger partial charge in [0.2, 0.25) is 17.7 Å². The summed E-state index contributed by atoms with van der Waals surface area (Å²) in [6, 6.07) is 22.4. The van der Waals surface area contributed by atoms with Crippen LogP contribution in [0.15, 0.2) is 85.2 Å². The Bertz CT molecular complexity index is 1410. The number of aromatic nitrogens is 4. The van der Waals surface area contributed by atoms with Crippen molar-refractivity contribution in [1.29, 1.82) is 0 Å². The summed E-state index contributed by atoms with van der Waals surface area (Å²) in [4.78, 5) is 43.0. The van der Waals surface area contributed by atoms with Crippen LogP contribution in [-0.2, 0) is 20.8 Å². The van der Waals surface area contributed by atoms with Gasteiger partial charge in [-0.15, -0.1) is 5.10 Å². The molecule has 1 aliphatic rings. The van der Waals surface area contributed by atoms with Gasteiger partial charge in [0.05, 0.1) is 11.4 Å². The molecule has 186 valence electrons. The third kappa shape index (κ3) is 5.34. The first kappa shape index (κ1) is 24.1. The Morgan fingerprint density at radius 2 is 1.65 bits per heavy atom. The molecule has 1 aliphatic heterocycles. The molecule has 5 rings (SSSR count). The van der Waals surface area contributed by atoms with Gasteiger partial charge in [0.15, 0.2) is 0 Å². The zero-order valence-electron chi connectivity index (χ0n) is 19.6. The average molecular weight is 516 g/mol. The van der Waals surface area contributed by atoms with Crippen molar-refractivity contribution in [2.24, 2.45) is 0 Å². The standard InChI is InChI=1S/C26H22ClN7O3/c27-19-11-12-21(34-17-28-30-31-34)22(14-19)32-15-25(36)33(16-24(32)35)23(13-18-7-3-1-4-8-18)26(37)29-20-9-5-2-6-10-20/h1-12,14,17,23H,13,15-16H2,(H,29,37). The fraction of sp³-hybridized carbons (Fsp3) is 0.154. The lowest BCUT2D eigenvalue weighted by Crippen LogP contribution is -2.60. The van der Waals surface area contributed by atoms with Gasteiger partial charge in [-0.05, 0) is 46.3 Å². The highest BCUT2D eigenvalue weighted by Crippen LogP contribution is 2.30. The molecular weight excluding hydrogens is 494 g/mol. The van der Waals surface area contributed by atoms with E-state index in [1.54, 1.807) is 30.3 Å². The summed E-state index contributed by atoms with van der Waals surface area (Å²) in [7, 11) is 0. The highest BCUT2D eigenvalue weighted by Gasteiger charge is 2.39. The van der Waals surface area contributed by atoms with Crippen molar-refractivity contribution in [2.75, 3.05) is 23.3 Å². The number of halogens is 1. The minimum Gasteiger partial charge on any atom is -0.324 e. The van der Waals surface area contributed by atoms with Gasteiger partial charge < -0.3 is 10.2 Å². The molecule has 37 heavy (non-hydrogen) atoms. The number of benzene rings is 3. The molecule has 10 nitrogen and oxygen atoms in total. The van der Waals surface area contributed by atoms with Crippen LogP contribution in [0.5, 0.6) is 0 Å². The van der Waals surface area contributed by atoms with Crippen LogP contribution in [0.2, 0.25) is 5.02 Å². The lowest BCUT2D eigenvalue weighted by molar-refractivity contribution is -0.143. The number of hydrogen-bond acceptors (Lipinski definition) is 6. The number of rotatable bonds is 7. The van der Waals surface area contributed by atoms with Crippen LogP contribution in [0.4, 0.5) is 11.4 Å². The molecule has 0 aliphatic carbocycles. The molecule has 0 bridgehead atoms. The monoisotopic (exact) mass is 515 g/mol. The van der Waals surface area contributed by atoms with Crippen LogP contribution in [0.25, 0.3) is 5.69 Å². The molecule has 0 radical (unpaired) electrons. The van der Waals surface area contributed by atoms with Crippen LogP contribution in [0.1, 0.15) is 5.56 Å². The molecule has 3 amide bonds. The molecule has 2 heterocycles. The molecular formula is C26H22ClN7O3. The fourth-order valence-corrected chi connectivity index (χ4v) is 4.41. The minimum atomic E-state index is -0.889. The number of nitrogens with one attached hydrogen (secondary N) is 1. The van der Waals surface area contributed by atoms with Crippen LogP contribution in [-0.4, -0.2) is 62.0 Å². The summed E-state index contributed by atoms with van der Waals surface area (Å²) in [5.74, 6) is -1.10. The Balaban J connectivity index is 1.43. The van der Waals surface area contributed by atoms with E-state index < -0.39 is 6.04 Å². The van der Waals surface area contributed by atoms with Gasteiger partial charge in [-0.25, -0.2) is 0 Å². The molecule has 1 atom stereocenters. The van der Waals surface area contributed by atoms with Crippen LogP contribution >= 0.6 is 11.6 Å². The second kappa shape index (κ2) is 10.6. The smallest absolute Gasteiger partial charge is 0.247 e. The molecule has 1 unspecified atom stereocenters. The van der Waals surface area contributed by atoms with E-state index in [2.05, 4.69) is 20.8 Å². The zero-order chi connectivity index (χ0) is 25.8. The molecule has 0 spiro atoms. The van der Waals surface area contributed by atoms with Crippen molar-refractivity contribution in [3.8, 4) is 5.69 Å². The summed E-state index contributed by atoms with van der Waals surface area (Å²) in [5.41, 5.74) is 2.36. The lowest BCUT2D eigenvalue weighted by Gasteiger charge is -2.38. The van der Waals surface area contributed by atoms with Crippen molar-refractivity contribution in [3.05, 3.63) is 95.8 Å². The number of nitrogens with zero attached hydrogens (tertiary/aromatic N) is 6. The lowest BCUT2D eigenvalue weighted by atomic mass is 10.0. The fourth-order valence-electron chi connectivity index (χ4n) is 4.24. The largest absolute Gasteiger partial charge is 0.324 e. The Morgan fingerprint density at radius 1 is 0.919 bits per heavy atom. The number of tetrazole rings is 1. The van der Waals surface area contributed by atoms with E-state index in [-0.39, 0.29) is 37.2 Å². The van der Waals surface area contributed by atoms with Gasteiger partial charge in [0.25, 0.3) is 0 Å². The number of piperazine rings is 1. The molecule has 0 saturated carbocycles. The number of anilines is 2. The Morgan fingerprint density at radius 3 is 2.35 bits per heavy atom. The molecule has 1 fully saturated rings. The predicted molar refractivity (Wildman–Crippen MR) is 137 cm³/mol. The van der Waals surface area contributed by atoms with Gasteiger partial charge in [-0.3, -0.25) is 19.3 Å². The maximum Gasteiger partial charge on any atom is 0.247 e. The molecule has 11 heteroatoms. The van der Waals surface area contributed by atoms with E-state index in [4.69, 9.17) is 11.6 Å². The van der Waals surface area contributed by atoms with E-state index in [1.165, 1.54) is 20.8 Å². The topological polar surface area (TPSA) is 113 Å². The number of para-hydroxylation sites is 1. The number of carbonyl (C=O) groups is 3. The first-order valence-electron chi connectivity index (χ1n) is 11.5. The van der Waals surface area contributed by atoms with Gasteiger partial charge >= 0.3 is 0 Å². The van der Waals surface area contributed by atoms with Gasteiger partial charge in [0, 0.05) is 17.1 Å². The summed E-state index contributed by atoms with van der Waals surface area (Å²) in [5, 5.41) is 14.4. The normalized spacial score (nSPS) is 14.5. The second-order valence-corrected chi connectivity index (χ2v) is 8.89. The molecule has 1 aromatic heterocycles. The number of carbonyl (C=O) groups excluding carboxylic acids is 3. The Labute approximate surface area is 217 Å². The SMILES string of the molecule is O=C(Nc1ccccc1)C(Cc1ccccc1)N1CC(=O)N(c2cc(Cl)ccc2-n2cnnn2)CC1=O. The highest BCUT2D eigenvalue weighted by molar-refractivity contribution is 6.31.